The number of aryl methyl sites for hydroxylation is 1. The van der Waals surface area contributed by atoms with Crippen molar-refractivity contribution in [2.45, 2.75) is 50.3 Å². The van der Waals surface area contributed by atoms with Crippen LogP contribution in [0.3, 0.4) is 0 Å². The van der Waals surface area contributed by atoms with Gasteiger partial charge in [0.05, 0.1) is 12.1 Å². The summed E-state index contributed by atoms with van der Waals surface area (Å²) in [5.41, 5.74) is 0.882. The lowest BCUT2D eigenvalue weighted by molar-refractivity contribution is -0.136. The topological polar surface area (TPSA) is 62.2 Å². The minimum absolute atomic E-state index is 0.155. The SMILES string of the molecule is CCSC1CCC(Nc2nc(CCC(=O)O)cs2)C1. The number of thiazole rings is 1. The standard InChI is InChI=1S/C13H20N2O2S2/c1-2-18-11-5-3-9(7-11)14-13-15-10(8-19-13)4-6-12(16)17/h8-9,11H,2-7H2,1H3,(H,14,15)(H,16,17). The van der Waals surface area contributed by atoms with E-state index in [1.165, 1.54) is 25.0 Å². The lowest BCUT2D eigenvalue weighted by Crippen LogP contribution is -2.15. The van der Waals surface area contributed by atoms with Gasteiger partial charge in [0, 0.05) is 23.1 Å². The molecular weight excluding hydrogens is 280 g/mol. The molecular formula is C13H20N2O2S2. The maximum absolute atomic E-state index is 10.5. The van der Waals surface area contributed by atoms with E-state index in [-0.39, 0.29) is 6.42 Å². The minimum atomic E-state index is -0.766. The summed E-state index contributed by atoms with van der Waals surface area (Å²) in [5, 5.41) is 15.8. The van der Waals surface area contributed by atoms with Crippen LogP contribution in [0.4, 0.5) is 5.13 Å². The van der Waals surface area contributed by atoms with Crippen molar-refractivity contribution >= 4 is 34.2 Å². The molecule has 19 heavy (non-hydrogen) atoms. The highest BCUT2D eigenvalue weighted by Crippen LogP contribution is 2.32. The molecule has 106 valence electrons. The first-order valence-electron chi connectivity index (χ1n) is 6.71. The number of hydrogen-bond acceptors (Lipinski definition) is 5. The summed E-state index contributed by atoms with van der Waals surface area (Å²) in [6.45, 7) is 2.21. The Morgan fingerprint density at radius 1 is 1.63 bits per heavy atom. The number of rotatable bonds is 7. The first kappa shape index (κ1) is 14.7. The number of aromatic nitrogens is 1. The molecule has 1 saturated carbocycles. The number of anilines is 1. The Balaban J connectivity index is 1.78. The van der Waals surface area contributed by atoms with Crippen LogP contribution in [0.1, 0.15) is 38.3 Å². The zero-order valence-electron chi connectivity index (χ0n) is 11.1. The molecule has 0 bridgehead atoms. The molecule has 2 rings (SSSR count). The second kappa shape index (κ2) is 7.14. The number of nitrogens with zero attached hydrogens (tertiary/aromatic N) is 1. The molecule has 0 spiro atoms. The van der Waals surface area contributed by atoms with E-state index in [0.29, 0.717) is 12.5 Å². The molecule has 4 nitrogen and oxygen atoms in total. The van der Waals surface area contributed by atoms with Gasteiger partial charge in [-0.3, -0.25) is 4.79 Å². The molecule has 1 aromatic heterocycles. The van der Waals surface area contributed by atoms with Gasteiger partial charge in [0.2, 0.25) is 0 Å². The molecule has 2 N–H and O–H groups in total. The van der Waals surface area contributed by atoms with Crippen LogP contribution in [0, 0.1) is 0 Å². The fourth-order valence-electron chi connectivity index (χ4n) is 2.36. The van der Waals surface area contributed by atoms with Crippen LogP contribution in [0.2, 0.25) is 0 Å². The van der Waals surface area contributed by atoms with Crippen molar-refractivity contribution in [3.8, 4) is 0 Å². The van der Waals surface area contributed by atoms with Crippen molar-refractivity contribution in [2.75, 3.05) is 11.1 Å². The average molecular weight is 300 g/mol. The summed E-state index contributed by atoms with van der Waals surface area (Å²) in [6, 6.07) is 0.530. The van der Waals surface area contributed by atoms with Crippen LogP contribution in [-0.2, 0) is 11.2 Å². The van der Waals surface area contributed by atoms with E-state index in [1.54, 1.807) is 11.3 Å². The molecule has 0 amide bonds. The summed E-state index contributed by atoms with van der Waals surface area (Å²) >= 11 is 3.63. The monoisotopic (exact) mass is 300 g/mol. The fraction of sp³-hybridized carbons (Fsp3) is 0.692. The number of nitrogens with one attached hydrogen (secondary N) is 1. The van der Waals surface area contributed by atoms with Crippen molar-refractivity contribution in [1.82, 2.24) is 4.98 Å². The summed E-state index contributed by atoms with van der Waals surface area (Å²) in [7, 11) is 0. The Labute approximate surface area is 122 Å². The third kappa shape index (κ3) is 4.69. The number of carboxylic acids is 1. The van der Waals surface area contributed by atoms with Gasteiger partial charge >= 0.3 is 5.97 Å². The number of carbonyl (C=O) groups is 1. The molecule has 1 aromatic rings. The van der Waals surface area contributed by atoms with Crippen LogP contribution in [0.15, 0.2) is 5.38 Å². The number of thioether (sulfide) groups is 1. The van der Waals surface area contributed by atoms with Crippen molar-refractivity contribution < 1.29 is 9.90 Å². The summed E-state index contributed by atoms with van der Waals surface area (Å²) in [5.74, 6) is 0.422. The van der Waals surface area contributed by atoms with Crippen molar-refractivity contribution in [2.24, 2.45) is 0 Å². The van der Waals surface area contributed by atoms with Gasteiger partial charge in [-0.05, 0) is 25.0 Å². The van der Waals surface area contributed by atoms with Gasteiger partial charge in [0.1, 0.15) is 0 Å². The van der Waals surface area contributed by atoms with Crippen LogP contribution >= 0.6 is 23.1 Å². The van der Waals surface area contributed by atoms with Gasteiger partial charge in [0.15, 0.2) is 5.13 Å². The van der Waals surface area contributed by atoms with Crippen molar-refractivity contribution in [3.05, 3.63) is 11.1 Å². The van der Waals surface area contributed by atoms with Gasteiger partial charge in [-0.2, -0.15) is 11.8 Å². The Morgan fingerprint density at radius 2 is 2.47 bits per heavy atom. The predicted molar refractivity (Wildman–Crippen MR) is 81.3 cm³/mol. The molecule has 0 aromatic carbocycles. The van der Waals surface area contributed by atoms with Gasteiger partial charge in [0.25, 0.3) is 0 Å². The summed E-state index contributed by atoms with van der Waals surface area (Å²) in [4.78, 5) is 15.0. The highest BCUT2D eigenvalue weighted by atomic mass is 32.2. The lowest BCUT2D eigenvalue weighted by Gasteiger charge is -2.11. The highest BCUT2D eigenvalue weighted by Gasteiger charge is 2.24. The molecule has 0 radical (unpaired) electrons. The Kier molecular flexibility index (Phi) is 5.51. The molecule has 0 aliphatic heterocycles. The number of aliphatic carboxylic acids is 1. The van der Waals surface area contributed by atoms with Crippen molar-refractivity contribution in [3.63, 3.8) is 0 Å². The normalized spacial score (nSPS) is 22.6. The molecule has 2 atom stereocenters. The molecule has 2 unspecified atom stereocenters. The fourth-order valence-corrected chi connectivity index (χ4v) is 4.32. The molecule has 6 heteroatoms. The van der Waals surface area contributed by atoms with Crippen LogP contribution < -0.4 is 5.32 Å². The third-order valence-corrected chi connectivity index (χ3v) is 5.32. The quantitative estimate of drug-likeness (QED) is 0.809. The molecule has 1 aliphatic rings. The Bertz CT molecular complexity index is 423. The largest absolute Gasteiger partial charge is 0.481 e. The molecule has 1 heterocycles. The van der Waals surface area contributed by atoms with Crippen LogP contribution in [-0.4, -0.2) is 33.1 Å². The van der Waals surface area contributed by atoms with Crippen LogP contribution in [0.25, 0.3) is 0 Å². The van der Waals surface area contributed by atoms with Crippen LogP contribution in [0.5, 0.6) is 0 Å². The van der Waals surface area contributed by atoms with E-state index >= 15 is 0 Å². The molecule has 0 saturated heterocycles. The maximum atomic E-state index is 10.5. The van der Waals surface area contributed by atoms with Gasteiger partial charge in [-0.1, -0.05) is 6.92 Å². The van der Waals surface area contributed by atoms with E-state index < -0.39 is 5.97 Å². The smallest absolute Gasteiger partial charge is 0.303 e. The minimum Gasteiger partial charge on any atom is -0.481 e. The molecule has 1 fully saturated rings. The highest BCUT2D eigenvalue weighted by molar-refractivity contribution is 7.99. The van der Waals surface area contributed by atoms with E-state index in [1.807, 2.05) is 17.1 Å². The second-order valence-corrected chi connectivity index (χ2v) is 7.20. The van der Waals surface area contributed by atoms with E-state index in [0.717, 1.165) is 16.1 Å². The number of hydrogen-bond donors (Lipinski definition) is 2. The zero-order chi connectivity index (χ0) is 13.7. The summed E-state index contributed by atoms with van der Waals surface area (Å²) in [6.07, 6.45) is 4.38. The van der Waals surface area contributed by atoms with Gasteiger partial charge in [-0.15, -0.1) is 11.3 Å². The Hall–Kier alpha value is -0.750. The second-order valence-electron chi connectivity index (χ2n) is 4.77. The van der Waals surface area contributed by atoms with Gasteiger partial charge in [-0.25, -0.2) is 4.98 Å². The Morgan fingerprint density at radius 3 is 3.21 bits per heavy atom. The summed E-state index contributed by atoms with van der Waals surface area (Å²) < 4.78 is 0. The predicted octanol–water partition coefficient (Wildman–Crippen LogP) is 3.25. The van der Waals surface area contributed by atoms with E-state index in [9.17, 15) is 4.79 Å². The first-order chi connectivity index (χ1) is 9.17. The molecule has 1 aliphatic carbocycles. The lowest BCUT2D eigenvalue weighted by atomic mass is 10.2. The van der Waals surface area contributed by atoms with Gasteiger partial charge < -0.3 is 10.4 Å². The first-order valence-corrected chi connectivity index (χ1v) is 8.64. The number of carboxylic acid groups (broad SMARTS) is 1. The van der Waals surface area contributed by atoms with Crippen molar-refractivity contribution in [1.29, 1.82) is 0 Å². The average Bonchev–Trinajstić information content (AvgIpc) is 2.98. The maximum Gasteiger partial charge on any atom is 0.303 e. The van der Waals surface area contributed by atoms with E-state index in [4.69, 9.17) is 5.11 Å². The van der Waals surface area contributed by atoms with E-state index in [2.05, 4.69) is 17.2 Å². The third-order valence-electron chi connectivity index (χ3n) is 3.26. The zero-order valence-corrected chi connectivity index (χ0v) is 12.7.